The van der Waals surface area contributed by atoms with Crippen LogP contribution in [0.25, 0.3) is 11.0 Å². The van der Waals surface area contributed by atoms with Crippen LogP contribution >= 0.6 is 11.6 Å². The van der Waals surface area contributed by atoms with Crippen molar-refractivity contribution in [3.05, 3.63) is 29.6 Å². The Morgan fingerprint density at radius 2 is 2.29 bits per heavy atom. The minimum absolute atomic E-state index is 0.205. The second-order valence-electron chi connectivity index (χ2n) is 5.49. The highest BCUT2D eigenvalue weighted by Gasteiger charge is 2.22. The number of ether oxygens (including phenoxy) is 1. The van der Waals surface area contributed by atoms with Crippen molar-refractivity contribution in [1.82, 2.24) is 9.55 Å². The van der Waals surface area contributed by atoms with E-state index >= 15 is 0 Å². The molecule has 1 fully saturated rings. The van der Waals surface area contributed by atoms with E-state index in [4.69, 9.17) is 16.3 Å². The Morgan fingerprint density at radius 3 is 2.95 bits per heavy atom. The van der Waals surface area contributed by atoms with Gasteiger partial charge in [-0.05, 0) is 37.8 Å². The molecular weight excluding hydrogens is 298 g/mol. The standard InChI is InChI=1S/C15H17ClF2N2O/c1-9(16)15-19-12-3-2-11(17)13(18)14(12)20(15)6-4-10-5-7-21-8-10/h2-3,9-10H,4-8H2,1H3. The Labute approximate surface area is 126 Å². The third-order valence-corrected chi connectivity index (χ3v) is 4.17. The molecule has 0 amide bonds. The van der Waals surface area contributed by atoms with Gasteiger partial charge in [-0.2, -0.15) is 0 Å². The molecule has 1 saturated heterocycles. The summed E-state index contributed by atoms with van der Waals surface area (Å²) in [7, 11) is 0. The predicted molar refractivity (Wildman–Crippen MR) is 77.5 cm³/mol. The van der Waals surface area contributed by atoms with E-state index in [1.165, 1.54) is 6.07 Å². The number of imidazole rings is 1. The average molecular weight is 315 g/mol. The SMILES string of the molecule is CC(Cl)c1nc2ccc(F)c(F)c2n1CCC1CCOC1. The van der Waals surface area contributed by atoms with Crippen molar-refractivity contribution in [3.8, 4) is 0 Å². The van der Waals surface area contributed by atoms with Crippen molar-refractivity contribution in [1.29, 1.82) is 0 Å². The molecule has 2 heterocycles. The van der Waals surface area contributed by atoms with Crippen molar-refractivity contribution >= 4 is 22.6 Å². The average Bonchev–Trinajstić information content (AvgIpc) is 3.08. The fraction of sp³-hybridized carbons (Fsp3) is 0.533. The molecule has 6 heteroatoms. The van der Waals surface area contributed by atoms with Crippen LogP contribution in [0.4, 0.5) is 8.78 Å². The molecule has 2 atom stereocenters. The maximum atomic E-state index is 14.1. The molecule has 3 nitrogen and oxygen atoms in total. The summed E-state index contributed by atoms with van der Waals surface area (Å²) in [6, 6.07) is 2.59. The Kier molecular flexibility index (Phi) is 4.13. The summed E-state index contributed by atoms with van der Waals surface area (Å²) < 4.78 is 34.7. The van der Waals surface area contributed by atoms with E-state index in [2.05, 4.69) is 4.98 Å². The Bertz CT molecular complexity index is 651. The minimum atomic E-state index is -0.860. The fourth-order valence-corrected chi connectivity index (χ4v) is 2.99. The summed E-state index contributed by atoms with van der Waals surface area (Å²) in [4.78, 5) is 4.35. The van der Waals surface area contributed by atoms with Crippen LogP contribution in [0.1, 0.15) is 31.0 Å². The van der Waals surface area contributed by atoms with E-state index in [1.54, 1.807) is 11.5 Å². The van der Waals surface area contributed by atoms with Crippen molar-refractivity contribution < 1.29 is 13.5 Å². The quantitative estimate of drug-likeness (QED) is 0.796. The minimum Gasteiger partial charge on any atom is -0.381 e. The number of halogens is 3. The fourth-order valence-electron chi connectivity index (χ4n) is 2.83. The van der Waals surface area contributed by atoms with E-state index in [1.807, 2.05) is 0 Å². The maximum Gasteiger partial charge on any atom is 0.184 e. The van der Waals surface area contributed by atoms with E-state index in [0.29, 0.717) is 23.8 Å². The zero-order valence-corrected chi connectivity index (χ0v) is 12.5. The van der Waals surface area contributed by atoms with Gasteiger partial charge in [0.1, 0.15) is 11.3 Å². The first-order chi connectivity index (χ1) is 10.1. The van der Waals surface area contributed by atoms with Crippen LogP contribution in [-0.2, 0) is 11.3 Å². The van der Waals surface area contributed by atoms with Crippen molar-refractivity contribution in [3.63, 3.8) is 0 Å². The third-order valence-electron chi connectivity index (χ3n) is 3.97. The first-order valence-electron chi connectivity index (χ1n) is 7.14. The highest BCUT2D eigenvalue weighted by Crippen LogP contribution is 2.29. The van der Waals surface area contributed by atoms with E-state index in [-0.39, 0.29) is 10.9 Å². The van der Waals surface area contributed by atoms with Gasteiger partial charge in [-0.25, -0.2) is 13.8 Å². The Balaban J connectivity index is 2.00. The van der Waals surface area contributed by atoms with Crippen LogP contribution < -0.4 is 0 Å². The van der Waals surface area contributed by atoms with E-state index in [9.17, 15) is 8.78 Å². The van der Waals surface area contributed by atoms with Gasteiger partial charge in [-0.1, -0.05) is 0 Å². The lowest BCUT2D eigenvalue weighted by Crippen LogP contribution is -2.10. The molecule has 2 aromatic rings. The topological polar surface area (TPSA) is 27.1 Å². The molecule has 1 aliphatic heterocycles. The van der Waals surface area contributed by atoms with Crippen LogP contribution in [0, 0.1) is 17.6 Å². The van der Waals surface area contributed by atoms with Gasteiger partial charge in [-0.3, -0.25) is 0 Å². The molecule has 0 saturated carbocycles. The number of hydrogen-bond acceptors (Lipinski definition) is 2. The van der Waals surface area contributed by atoms with E-state index in [0.717, 1.165) is 32.1 Å². The molecule has 0 bridgehead atoms. The zero-order chi connectivity index (χ0) is 15.0. The number of fused-ring (bicyclic) bond motifs is 1. The van der Waals surface area contributed by atoms with Crippen molar-refractivity contribution in [2.24, 2.45) is 5.92 Å². The smallest absolute Gasteiger partial charge is 0.184 e. The second-order valence-corrected chi connectivity index (χ2v) is 6.14. The summed E-state index contributed by atoms with van der Waals surface area (Å²) >= 11 is 6.14. The summed E-state index contributed by atoms with van der Waals surface area (Å²) in [6.07, 6.45) is 1.85. The Hall–Kier alpha value is -1.20. The van der Waals surface area contributed by atoms with Gasteiger partial charge < -0.3 is 9.30 Å². The normalized spacial score (nSPS) is 20.3. The van der Waals surface area contributed by atoms with Gasteiger partial charge in [-0.15, -0.1) is 11.6 Å². The molecule has 0 N–H and O–H groups in total. The number of aromatic nitrogens is 2. The molecule has 3 rings (SSSR count). The molecule has 2 unspecified atom stereocenters. The molecule has 1 aromatic carbocycles. The number of nitrogens with zero attached hydrogens (tertiary/aromatic N) is 2. The van der Waals surface area contributed by atoms with Crippen LogP contribution in [0.15, 0.2) is 12.1 Å². The van der Waals surface area contributed by atoms with Gasteiger partial charge in [0.2, 0.25) is 0 Å². The van der Waals surface area contributed by atoms with Crippen molar-refractivity contribution in [2.75, 3.05) is 13.2 Å². The van der Waals surface area contributed by atoms with Gasteiger partial charge >= 0.3 is 0 Å². The number of benzene rings is 1. The third kappa shape index (κ3) is 2.77. The van der Waals surface area contributed by atoms with Crippen LogP contribution in [0.2, 0.25) is 0 Å². The molecule has 21 heavy (non-hydrogen) atoms. The molecule has 114 valence electrons. The van der Waals surface area contributed by atoms with Crippen LogP contribution in [0.3, 0.4) is 0 Å². The molecule has 0 aliphatic carbocycles. The first kappa shape index (κ1) is 14.7. The van der Waals surface area contributed by atoms with Crippen LogP contribution in [0.5, 0.6) is 0 Å². The maximum absolute atomic E-state index is 14.1. The summed E-state index contributed by atoms with van der Waals surface area (Å²) in [6.45, 7) is 3.86. The molecular formula is C15H17ClF2N2O. The largest absolute Gasteiger partial charge is 0.381 e. The number of rotatable bonds is 4. The highest BCUT2D eigenvalue weighted by atomic mass is 35.5. The lowest BCUT2D eigenvalue weighted by atomic mass is 10.1. The number of alkyl halides is 1. The van der Waals surface area contributed by atoms with E-state index < -0.39 is 11.6 Å². The van der Waals surface area contributed by atoms with Gasteiger partial charge in [0, 0.05) is 19.8 Å². The lowest BCUT2D eigenvalue weighted by molar-refractivity contribution is 0.183. The monoisotopic (exact) mass is 314 g/mol. The molecule has 1 aliphatic rings. The van der Waals surface area contributed by atoms with Crippen LogP contribution in [-0.4, -0.2) is 22.8 Å². The highest BCUT2D eigenvalue weighted by molar-refractivity contribution is 6.20. The predicted octanol–water partition coefficient (Wildman–Crippen LogP) is 4.04. The summed E-state index contributed by atoms with van der Waals surface area (Å²) in [5.41, 5.74) is 0.649. The number of aryl methyl sites for hydroxylation is 1. The zero-order valence-electron chi connectivity index (χ0n) is 11.8. The first-order valence-corrected chi connectivity index (χ1v) is 7.57. The van der Waals surface area contributed by atoms with Gasteiger partial charge in [0.25, 0.3) is 0 Å². The molecule has 0 radical (unpaired) electrons. The summed E-state index contributed by atoms with van der Waals surface area (Å²) in [5, 5.41) is -0.361. The molecule has 1 aromatic heterocycles. The number of hydrogen-bond donors (Lipinski definition) is 0. The lowest BCUT2D eigenvalue weighted by Gasteiger charge is -2.13. The van der Waals surface area contributed by atoms with Gasteiger partial charge in [0.05, 0.1) is 10.9 Å². The Morgan fingerprint density at radius 1 is 1.48 bits per heavy atom. The molecule has 0 spiro atoms. The second kappa shape index (κ2) is 5.89. The summed E-state index contributed by atoms with van der Waals surface area (Å²) in [5.74, 6) is -0.680. The van der Waals surface area contributed by atoms with Crippen molar-refractivity contribution in [2.45, 2.75) is 31.7 Å². The van der Waals surface area contributed by atoms with Gasteiger partial charge in [0.15, 0.2) is 11.6 Å².